The highest BCUT2D eigenvalue weighted by molar-refractivity contribution is 6.32. The molecule has 0 saturated carbocycles. The van der Waals surface area contributed by atoms with Gasteiger partial charge in [0.05, 0.1) is 10.9 Å². The number of ether oxygens (including phenoxy) is 1. The van der Waals surface area contributed by atoms with Gasteiger partial charge in [-0.25, -0.2) is 0 Å². The third-order valence-corrected chi connectivity index (χ3v) is 3.29. The lowest BCUT2D eigenvalue weighted by atomic mass is 9.95. The standard InChI is InChI=1S/C13H15ClO3/c1-7(12(15)16)8-4-9-6-13(2,3)17-11(9)10(14)5-8/h4-5,7H,6H2,1-3H3,(H,15,16)/t7-/m0/s1. The van der Waals surface area contributed by atoms with E-state index in [-0.39, 0.29) is 5.60 Å². The molecule has 1 N–H and O–H groups in total. The lowest BCUT2D eigenvalue weighted by Gasteiger charge is -2.17. The van der Waals surface area contributed by atoms with E-state index in [0.717, 1.165) is 17.5 Å². The van der Waals surface area contributed by atoms with Crippen LogP contribution in [0.25, 0.3) is 0 Å². The smallest absolute Gasteiger partial charge is 0.310 e. The molecular formula is C13H15ClO3. The molecule has 0 bridgehead atoms. The van der Waals surface area contributed by atoms with Crippen molar-refractivity contribution in [3.63, 3.8) is 0 Å². The second-order valence-electron chi connectivity index (χ2n) is 5.09. The van der Waals surface area contributed by atoms with Crippen LogP contribution in [0.15, 0.2) is 12.1 Å². The molecule has 1 aromatic carbocycles. The summed E-state index contributed by atoms with van der Waals surface area (Å²) >= 11 is 6.13. The normalized spacial score (nSPS) is 18.4. The molecule has 0 aromatic heterocycles. The number of rotatable bonds is 2. The van der Waals surface area contributed by atoms with Gasteiger partial charge in [-0.1, -0.05) is 17.7 Å². The summed E-state index contributed by atoms with van der Waals surface area (Å²) in [6.45, 7) is 5.63. The van der Waals surface area contributed by atoms with Crippen molar-refractivity contribution < 1.29 is 14.6 Å². The minimum atomic E-state index is -0.848. The number of hydrogen-bond acceptors (Lipinski definition) is 2. The number of hydrogen-bond donors (Lipinski definition) is 1. The van der Waals surface area contributed by atoms with E-state index in [9.17, 15) is 4.79 Å². The van der Waals surface area contributed by atoms with E-state index in [4.69, 9.17) is 21.4 Å². The average Bonchev–Trinajstić information content (AvgIpc) is 2.51. The van der Waals surface area contributed by atoms with E-state index in [0.29, 0.717) is 10.8 Å². The van der Waals surface area contributed by atoms with Crippen molar-refractivity contribution in [3.8, 4) is 5.75 Å². The number of carbonyl (C=O) groups is 1. The van der Waals surface area contributed by atoms with Crippen LogP contribution in [0.5, 0.6) is 5.75 Å². The van der Waals surface area contributed by atoms with Crippen molar-refractivity contribution in [2.75, 3.05) is 0 Å². The molecule has 0 aliphatic carbocycles. The molecule has 1 aromatic rings. The summed E-state index contributed by atoms with van der Waals surface area (Å²) in [7, 11) is 0. The zero-order chi connectivity index (χ0) is 12.8. The van der Waals surface area contributed by atoms with Crippen LogP contribution in [0.2, 0.25) is 5.02 Å². The summed E-state index contributed by atoms with van der Waals surface area (Å²) in [5.41, 5.74) is 1.45. The molecule has 2 rings (SSSR count). The second-order valence-corrected chi connectivity index (χ2v) is 5.50. The van der Waals surface area contributed by atoms with Crippen LogP contribution >= 0.6 is 11.6 Å². The summed E-state index contributed by atoms with van der Waals surface area (Å²) in [4.78, 5) is 11.0. The van der Waals surface area contributed by atoms with E-state index in [1.54, 1.807) is 13.0 Å². The Morgan fingerprint density at radius 1 is 1.53 bits per heavy atom. The lowest BCUT2D eigenvalue weighted by molar-refractivity contribution is -0.138. The Bertz CT molecular complexity index is 480. The SMILES string of the molecule is C[C@H](C(=O)O)c1cc(Cl)c2c(c1)CC(C)(C)O2. The molecule has 17 heavy (non-hydrogen) atoms. The van der Waals surface area contributed by atoms with Gasteiger partial charge in [-0.3, -0.25) is 4.79 Å². The number of carboxylic acids is 1. The summed E-state index contributed by atoms with van der Waals surface area (Å²) in [5, 5.41) is 9.50. The quantitative estimate of drug-likeness (QED) is 0.881. The molecule has 1 heterocycles. The van der Waals surface area contributed by atoms with Gasteiger partial charge in [-0.2, -0.15) is 0 Å². The Morgan fingerprint density at radius 3 is 2.76 bits per heavy atom. The lowest BCUT2D eigenvalue weighted by Crippen LogP contribution is -2.24. The molecule has 1 aliphatic rings. The minimum absolute atomic E-state index is 0.267. The number of benzene rings is 1. The van der Waals surface area contributed by atoms with Gasteiger partial charge < -0.3 is 9.84 Å². The van der Waals surface area contributed by atoms with E-state index in [1.807, 2.05) is 19.9 Å². The Morgan fingerprint density at radius 2 is 2.18 bits per heavy atom. The van der Waals surface area contributed by atoms with Gasteiger partial charge in [0.1, 0.15) is 11.4 Å². The first-order chi connectivity index (χ1) is 7.80. The monoisotopic (exact) mass is 254 g/mol. The number of fused-ring (bicyclic) bond motifs is 1. The maximum absolute atomic E-state index is 11.0. The topological polar surface area (TPSA) is 46.5 Å². The van der Waals surface area contributed by atoms with Crippen LogP contribution in [0.3, 0.4) is 0 Å². The van der Waals surface area contributed by atoms with Crippen molar-refractivity contribution in [2.24, 2.45) is 0 Å². The Hall–Kier alpha value is -1.22. The third kappa shape index (κ3) is 2.25. The van der Waals surface area contributed by atoms with Crippen LogP contribution in [0.4, 0.5) is 0 Å². The van der Waals surface area contributed by atoms with Gasteiger partial charge in [-0.05, 0) is 38.0 Å². The zero-order valence-electron chi connectivity index (χ0n) is 10.1. The summed E-state index contributed by atoms with van der Waals surface area (Å²) < 4.78 is 5.74. The Balaban J connectivity index is 2.44. The molecule has 92 valence electrons. The molecule has 0 unspecified atom stereocenters. The molecular weight excluding hydrogens is 240 g/mol. The van der Waals surface area contributed by atoms with Crippen LogP contribution in [-0.4, -0.2) is 16.7 Å². The van der Waals surface area contributed by atoms with Crippen LogP contribution < -0.4 is 4.74 Å². The second kappa shape index (κ2) is 3.91. The summed E-state index contributed by atoms with van der Waals surface area (Å²) in [6, 6.07) is 3.56. The predicted molar refractivity (Wildman–Crippen MR) is 65.9 cm³/mol. The first-order valence-electron chi connectivity index (χ1n) is 5.54. The van der Waals surface area contributed by atoms with Crippen molar-refractivity contribution in [1.29, 1.82) is 0 Å². The van der Waals surface area contributed by atoms with Crippen molar-refractivity contribution >= 4 is 17.6 Å². The van der Waals surface area contributed by atoms with E-state index in [1.165, 1.54) is 0 Å². The minimum Gasteiger partial charge on any atom is -0.486 e. The van der Waals surface area contributed by atoms with E-state index >= 15 is 0 Å². The molecule has 1 aliphatic heterocycles. The molecule has 0 amide bonds. The summed E-state index contributed by atoms with van der Waals surface area (Å²) in [5.74, 6) is -0.710. The molecule has 0 radical (unpaired) electrons. The molecule has 1 atom stereocenters. The van der Waals surface area contributed by atoms with Gasteiger partial charge in [-0.15, -0.1) is 0 Å². The highest BCUT2D eigenvalue weighted by Gasteiger charge is 2.32. The van der Waals surface area contributed by atoms with Gasteiger partial charge in [0.15, 0.2) is 0 Å². The zero-order valence-corrected chi connectivity index (χ0v) is 10.8. The fraction of sp³-hybridized carbons (Fsp3) is 0.462. The number of carboxylic acid groups (broad SMARTS) is 1. The van der Waals surface area contributed by atoms with Crippen molar-refractivity contribution in [2.45, 2.75) is 38.7 Å². The van der Waals surface area contributed by atoms with Crippen LogP contribution in [-0.2, 0) is 11.2 Å². The van der Waals surface area contributed by atoms with Gasteiger partial charge in [0.2, 0.25) is 0 Å². The fourth-order valence-corrected chi connectivity index (χ4v) is 2.37. The van der Waals surface area contributed by atoms with E-state index in [2.05, 4.69) is 0 Å². The van der Waals surface area contributed by atoms with Gasteiger partial charge >= 0.3 is 5.97 Å². The molecule has 3 nitrogen and oxygen atoms in total. The predicted octanol–water partition coefficient (Wildman–Crippen LogP) is 3.24. The number of halogens is 1. The maximum atomic E-state index is 11.0. The van der Waals surface area contributed by atoms with Crippen molar-refractivity contribution in [1.82, 2.24) is 0 Å². The first-order valence-corrected chi connectivity index (χ1v) is 5.92. The summed E-state index contributed by atoms with van der Waals surface area (Å²) in [6.07, 6.45) is 0.752. The molecule has 4 heteroatoms. The maximum Gasteiger partial charge on any atom is 0.310 e. The average molecular weight is 255 g/mol. The molecule has 0 saturated heterocycles. The Kier molecular flexibility index (Phi) is 2.82. The van der Waals surface area contributed by atoms with E-state index < -0.39 is 11.9 Å². The highest BCUT2D eigenvalue weighted by Crippen LogP contribution is 2.42. The number of aliphatic carboxylic acids is 1. The first kappa shape index (κ1) is 12.2. The van der Waals surface area contributed by atoms with Crippen molar-refractivity contribution in [3.05, 3.63) is 28.3 Å². The Labute approximate surface area is 105 Å². The van der Waals surface area contributed by atoms with Crippen LogP contribution in [0, 0.1) is 0 Å². The fourth-order valence-electron chi connectivity index (χ4n) is 2.08. The highest BCUT2D eigenvalue weighted by atomic mass is 35.5. The largest absolute Gasteiger partial charge is 0.486 e. The third-order valence-electron chi connectivity index (χ3n) is 3.01. The molecule has 0 spiro atoms. The van der Waals surface area contributed by atoms with Crippen LogP contribution in [0.1, 0.15) is 37.8 Å². The molecule has 0 fully saturated rings. The van der Waals surface area contributed by atoms with Gasteiger partial charge in [0, 0.05) is 6.42 Å². The van der Waals surface area contributed by atoms with Gasteiger partial charge in [0.25, 0.3) is 0 Å².